The Labute approximate surface area is 137 Å². The van der Waals surface area contributed by atoms with Gasteiger partial charge in [-0.1, -0.05) is 25.2 Å². The minimum Gasteiger partial charge on any atom is -0.454 e. The Morgan fingerprint density at radius 1 is 1.17 bits per heavy atom. The van der Waals surface area contributed by atoms with Crippen molar-refractivity contribution in [3.05, 3.63) is 23.8 Å². The molecule has 1 aliphatic carbocycles. The molecular formula is C19H23NO3. The smallest absolute Gasteiger partial charge is 0.299 e. The van der Waals surface area contributed by atoms with Gasteiger partial charge in [-0.15, -0.1) is 0 Å². The number of amides is 1. The Bertz CT molecular complexity index is 636. The first-order valence-electron chi connectivity index (χ1n) is 8.39. The minimum atomic E-state index is -0.0791. The summed E-state index contributed by atoms with van der Waals surface area (Å²) >= 11 is 0. The molecule has 0 bridgehead atoms. The molecule has 1 aromatic carbocycles. The van der Waals surface area contributed by atoms with Crippen LogP contribution in [0.1, 0.15) is 51.5 Å². The van der Waals surface area contributed by atoms with E-state index < -0.39 is 0 Å². The Kier molecular flexibility index (Phi) is 4.76. The molecule has 4 heteroatoms. The third kappa shape index (κ3) is 3.61. The second-order valence-electron chi connectivity index (χ2n) is 6.42. The van der Waals surface area contributed by atoms with Gasteiger partial charge in [-0.05, 0) is 44.9 Å². The molecule has 0 saturated heterocycles. The van der Waals surface area contributed by atoms with E-state index in [1.165, 1.54) is 19.3 Å². The Balaban J connectivity index is 1.74. The predicted octanol–water partition coefficient (Wildman–Crippen LogP) is 3.34. The third-order valence-electron chi connectivity index (χ3n) is 4.45. The molecule has 1 aromatic rings. The molecule has 23 heavy (non-hydrogen) atoms. The summed E-state index contributed by atoms with van der Waals surface area (Å²) in [5, 5.41) is 0. The highest BCUT2D eigenvalue weighted by molar-refractivity contribution is 5.94. The molecule has 1 aliphatic heterocycles. The molecule has 1 saturated carbocycles. The number of hydrogen-bond donors (Lipinski definition) is 0. The van der Waals surface area contributed by atoms with Gasteiger partial charge in [0.1, 0.15) is 0 Å². The third-order valence-corrected chi connectivity index (χ3v) is 4.45. The average molecular weight is 313 g/mol. The second-order valence-corrected chi connectivity index (χ2v) is 6.42. The lowest BCUT2D eigenvalue weighted by molar-refractivity contribution is -0.129. The first kappa shape index (κ1) is 15.7. The first-order valence-corrected chi connectivity index (χ1v) is 8.39. The van der Waals surface area contributed by atoms with E-state index in [9.17, 15) is 4.79 Å². The molecule has 122 valence electrons. The van der Waals surface area contributed by atoms with Crippen molar-refractivity contribution in [2.24, 2.45) is 0 Å². The van der Waals surface area contributed by atoms with Crippen molar-refractivity contribution >= 4 is 5.91 Å². The number of benzene rings is 1. The van der Waals surface area contributed by atoms with E-state index in [1.54, 1.807) is 0 Å². The maximum Gasteiger partial charge on any atom is 0.299 e. The number of carbonyl (C=O) groups is 1. The zero-order valence-corrected chi connectivity index (χ0v) is 13.8. The lowest BCUT2D eigenvalue weighted by Crippen LogP contribution is -2.45. The molecule has 1 fully saturated rings. The molecule has 3 rings (SSSR count). The number of fused-ring (bicyclic) bond motifs is 1. The van der Waals surface area contributed by atoms with Gasteiger partial charge in [-0.3, -0.25) is 4.79 Å². The summed E-state index contributed by atoms with van der Waals surface area (Å²) < 4.78 is 10.6. The number of hydrogen-bond acceptors (Lipinski definition) is 3. The largest absolute Gasteiger partial charge is 0.454 e. The number of carbonyl (C=O) groups excluding carboxylic acids is 1. The summed E-state index contributed by atoms with van der Waals surface area (Å²) in [5.41, 5.74) is 0.773. The van der Waals surface area contributed by atoms with Crippen LogP contribution in [0.3, 0.4) is 0 Å². The molecule has 1 amide bonds. The van der Waals surface area contributed by atoms with Crippen molar-refractivity contribution in [3.63, 3.8) is 0 Å². The van der Waals surface area contributed by atoms with Crippen LogP contribution in [0.5, 0.6) is 11.5 Å². The number of rotatable bonds is 2. The van der Waals surface area contributed by atoms with E-state index >= 15 is 0 Å². The quantitative estimate of drug-likeness (QED) is 0.786. The molecule has 0 spiro atoms. The second kappa shape index (κ2) is 6.95. The molecular weight excluding hydrogens is 290 g/mol. The number of nitrogens with zero attached hydrogens (tertiary/aromatic N) is 1. The topological polar surface area (TPSA) is 38.8 Å². The van der Waals surface area contributed by atoms with Crippen LogP contribution in [0.15, 0.2) is 18.2 Å². The molecule has 2 aliphatic rings. The van der Waals surface area contributed by atoms with Crippen LogP contribution in [-0.4, -0.2) is 29.7 Å². The summed E-state index contributed by atoms with van der Waals surface area (Å²) in [7, 11) is 0. The van der Waals surface area contributed by atoms with Gasteiger partial charge in [0.25, 0.3) is 5.91 Å². The molecule has 0 N–H and O–H groups in total. The molecule has 0 aromatic heterocycles. The van der Waals surface area contributed by atoms with Gasteiger partial charge in [0.2, 0.25) is 6.79 Å². The van der Waals surface area contributed by atoms with Crippen molar-refractivity contribution < 1.29 is 14.3 Å². The fourth-order valence-corrected chi connectivity index (χ4v) is 3.35. The highest BCUT2D eigenvalue weighted by atomic mass is 16.7. The molecule has 0 unspecified atom stereocenters. The highest BCUT2D eigenvalue weighted by Crippen LogP contribution is 2.32. The monoisotopic (exact) mass is 313 g/mol. The molecule has 4 nitrogen and oxygen atoms in total. The Morgan fingerprint density at radius 3 is 2.65 bits per heavy atom. The van der Waals surface area contributed by atoms with Crippen molar-refractivity contribution in [2.75, 3.05) is 6.79 Å². The SMILES string of the molecule is CC(C)N(C(=O)C#Cc1ccc2c(c1)OCO2)C1CCCCC1. The fraction of sp³-hybridized carbons (Fsp3) is 0.526. The number of ether oxygens (including phenoxy) is 2. The van der Waals surface area contributed by atoms with E-state index in [2.05, 4.69) is 25.7 Å². The van der Waals surface area contributed by atoms with Crippen molar-refractivity contribution in [2.45, 2.75) is 58.0 Å². The van der Waals surface area contributed by atoms with Crippen LogP contribution >= 0.6 is 0 Å². The van der Waals surface area contributed by atoms with Crippen LogP contribution in [0.25, 0.3) is 0 Å². The fourth-order valence-electron chi connectivity index (χ4n) is 3.35. The molecule has 0 radical (unpaired) electrons. The van der Waals surface area contributed by atoms with Crippen molar-refractivity contribution in [1.82, 2.24) is 4.90 Å². The summed E-state index contributed by atoms with van der Waals surface area (Å²) in [5.74, 6) is 7.12. The van der Waals surface area contributed by atoms with E-state index in [0.717, 1.165) is 24.2 Å². The summed E-state index contributed by atoms with van der Waals surface area (Å²) in [6, 6.07) is 6.02. The van der Waals surface area contributed by atoms with Gasteiger partial charge in [-0.25, -0.2) is 0 Å². The van der Waals surface area contributed by atoms with Crippen molar-refractivity contribution in [3.8, 4) is 23.3 Å². The predicted molar refractivity (Wildman–Crippen MR) is 88.3 cm³/mol. The zero-order valence-electron chi connectivity index (χ0n) is 13.8. The van der Waals surface area contributed by atoms with Gasteiger partial charge in [0, 0.05) is 23.6 Å². The van der Waals surface area contributed by atoms with E-state index in [1.807, 2.05) is 23.1 Å². The summed E-state index contributed by atoms with van der Waals surface area (Å²) in [6.45, 7) is 4.37. The van der Waals surface area contributed by atoms with Gasteiger partial charge in [0.05, 0.1) is 0 Å². The molecule has 1 heterocycles. The average Bonchev–Trinajstić information content (AvgIpc) is 3.01. The lowest BCUT2D eigenvalue weighted by Gasteiger charge is -2.36. The van der Waals surface area contributed by atoms with E-state index in [-0.39, 0.29) is 18.7 Å². The van der Waals surface area contributed by atoms with Crippen molar-refractivity contribution in [1.29, 1.82) is 0 Å². The van der Waals surface area contributed by atoms with Crippen LogP contribution in [0.4, 0.5) is 0 Å². The standard InChI is InChI=1S/C19H23NO3/c1-14(2)20(16-6-4-3-5-7-16)19(21)11-9-15-8-10-17-18(12-15)23-13-22-17/h8,10,12,14,16H,3-7,13H2,1-2H3. The van der Waals surface area contributed by atoms with Gasteiger partial charge < -0.3 is 14.4 Å². The zero-order chi connectivity index (χ0) is 16.2. The van der Waals surface area contributed by atoms with E-state index in [4.69, 9.17) is 9.47 Å². The lowest BCUT2D eigenvalue weighted by atomic mass is 9.93. The van der Waals surface area contributed by atoms with Gasteiger partial charge >= 0.3 is 0 Å². The van der Waals surface area contributed by atoms with Gasteiger partial charge in [-0.2, -0.15) is 0 Å². The van der Waals surface area contributed by atoms with Crippen LogP contribution in [-0.2, 0) is 4.79 Å². The normalized spacial score (nSPS) is 16.8. The first-order chi connectivity index (χ1) is 11.1. The minimum absolute atomic E-state index is 0.0791. The van der Waals surface area contributed by atoms with Crippen LogP contribution < -0.4 is 9.47 Å². The Morgan fingerprint density at radius 2 is 1.91 bits per heavy atom. The summed E-state index contributed by atoms with van der Waals surface area (Å²) in [4.78, 5) is 14.5. The summed E-state index contributed by atoms with van der Waals surface area (Å²) in [6.07, 6.45) is 5.87. The van der Waals surface area contributed by atoms with Gasteiger partial charge in [0.15, 0.2) is 11.5 Å². The highest BCUT2D eigenvalue weighted by Gasteiger charge is 2.26. The maximum absolute atomic E-state index is 12.6. The molecule has 0 atom stereocenters. The maximum atomic E-state index is 12.6. The van der Waals surface area contributed by atoms with E-state index in [0.29, 0.717) is 11.8 Å². The van der Waals surface area contributed by atoms with Crippen LogP contribution in [0.2, 0.25) is 0 Å². The Hall–Kier alpha value is -2.15. The van der Waals surface area contributed by atoms with Crippen LogP contribution in [0, 0.1) is 11.8 Å².